The van der Waals surface area contributed by atoms with Gasteiger partial charge in [0.15, 0.2) is 0 Å². The number of amides is 1. The summed E-state index contributed by atoms with van der Waals surface area (Å²) in [5.74, 6) is -0.306. The Bertz CT molecular complexity index is 838. The molecule has 1 unspecified atom stereocenters. The lowest BCUT2D eigenvalue weighted by atomic mass is 10.1. The number of nitrogens with two attached hydrogens (primary N) is 1. The van der Waals surface area contributed by atoms with Gasteiger partial charge in [-0.2, -0.15) is 4.98 Å². The number of hydrogen-bond donors (Lipinski definition) is 3. The summed E-state index contributed by atoms with van der Waals surface area (Å²) >= 11 is 1.20. The number of nitrogens with one attached hydrogen (secondary N) is 2. The smallest absolute Gasteiger partial charge is 0.238 e. The van der Waals surface area contributed by atoms with Crippen molar-refractivity contribution in [2.75, 3.05) is 5.73 Å². The van der Waals surface area contributed by atoms with E-state index in [2.05, 4.69) is 20.5 Å². The van der Waals surface area contributed by atoms with Crippen LogP contribution in [0.1, 0.15) is 16.4 Å². The molecule has 1 atom stereocenters. The van der Waals surface area contributed by atoms with Gasteiger partial charge in [-0.3, -0.25) is 4.79 Å². The van der Waals surface area contributed by atoms with Crippen molar-refractivity contribution in [3.05, 3.63) is 71.5 Å². The molecule has 0 radical (unpaired) electrons. The van der Waals surface area contributed by atoms with E-state index in [1.54, 1.807) is 12.1 Å². The highest BCUT2D eigenvalue weighted by molar-refractivity contribution is 8.00. The van der Waals surface area contributed by atoms with Crippen molar-refractivity contribution in [3.8, 4) is 0 Å². The van der Waals surface area contributed by atoms with Crippen LogP contribution in [0.5, 0.6) is 0 Å². The van der Waals surface area contributed by atoms with Crippen LogP contribution in [0.3, 0.4) is 0 Å². The zero-order chi connectivity index (χ0) is 17.6. The SMILES string of the molecule is Nc1nc(SC(C(=O)NCc2ccc(F)cc2)c2ccccc2)n[nH]1. The normalized spacial score (nSPS) is 11.9. The van der Waals surface area contributed by atoms with Crippen LogP contribution in [0.25, 0.3) is 0 Å². The van der Waals surface area contributed by atoms with Crippen LogP contribution >= 0.6 is 11.8 Å². The molecule has 0 saturated heterocycles. The quantitative estimate of drug-likeness (QED) is 0.589. The Kier molecular flexibility index (Phi) is 5.30. The maximum Gasteiger partial charge on any atom is 0.238 e. The highest BCUT2D eigenvalue weighted by Crippen LogP contribution is 2.33. The van der Waals surface area contributed by atoms with Crippen LogP contribution in [-0.4, -0.2) is 21.1 Å². The number of nitrogens with zero attached hydrogens (tertiary/aromatic N) is 2. The number of anilines is 1. The van der Waals surface area contributed by atoms with Gasteiger partial charge in [0.05, 0.1) is 0 Å². The third-order valence-corrected chi connectivity index (χ3v) is 4.54. The molecule has 3 aromatic rings. The molecule has 0 aliphatic heterocycles. The highest BCUT2D eigenvalue weighted by Gasteiger charge is 2.23. The number of aromatic amines is 1. The summed E-state index contributed by atoms with van der Waals surface area (Å²) in [6.07, 6.45) is 0. The van der Waals surface area contributed by atoms with Crippen molar-refractivity contribution in [2.24, 2.45) is 0 Å². The third-order valence-electron chi connectivity index (χ3n) is 3.43. The molecule has 0 saturated carbocycles. The van der Waals surface area contributed by atoms with E-state index in [4.69, 9.17) is 5.73 Å². The first-order valence-electron chi connectivity index (χ1n) is 7.53. The summed E-state index contributed by atoms with van der Waals surface area (Å²) in [5.41, 5.74) is 7.18. The molecule has 4 N–H and O–H groups in total. The number of nitrogen functional groups attached to an aromatic ring is 1. The predicted octanol–water partition coefficient (Wildman–Crippen LogP) is 2.68. The minimum absolute atomic E-state index is 0.191. The van der Waals surface area contributed by atoms with Gasteiger partial charge in [0.2, 0.25) is 17.0 Å². The Morgan fingerprint density at radius 2 is 1.92 bits per heavy atom. The van der Waals surface area contributed by atoms with E-state index in [9.17, 15) is 9.18 Å². The molecule has 6 nitrogen and oxygen atoms in total. The molecule has 0 fully saturated rings. The van der Waals surface area contributed by atoms with E-state index in [1.807, 2.05) is 30.3 Å². The molecule has 0 spiro atoms. The van der Waals surface area contributed by atoms with Crippen LogP contribution in [0.4, 0.5) is 10.3 Å². The van der Waals surface area contributed by atoms with Crippen LogP contribution in [0, 0.1) is 5.82 Å². The fourth-order valence-electron chi connectivity index (χ4n) is 2.20. The monoisotopic (exact) mass is 357 g/mol. The number of H-pyrrole nitrogens is 1. The minimum Gasteiger partial charge on any atom is -0.368 e. The summed E-state index contributed by atoms with van der Waals surface area (Å²) < 4.78 is 13.0. The molecule has 8 heteroatoms. The lowest BCUT2D eigenvalue weighted by Gasteiger charge is -2.15. The van der Waals surface area contributed by atoms with Gasteiger partial charge in [-0.1, -0.05) is 54.2 Å². The van der Waals surface area contributed by atoms with Gasteiger partial charge < -0.3 is 11.1 Å². The fraction of sp³-hybridized carbons (Fsp3) is 0.118. The molecule has 0 bridgehead atoms. The summed E-state index contributed by atoms with van der Waals surface area (Å²) in [7, 11) is 0. The molecule has 1 aromatic heterocycles. The zero-order valence-corrected chi connectivity index (χ0v) is 14.0. The van der Waals surface area contributed by atoms with Crippen molar-refractivity contribution in [1.82, 2.24) is 20.5 Å². The number of aromatic nitrogens is 3. The maximum absolute atomic E-state index is 13.0. The summed E-state index contributed by atoms with van der Waals surface area (Å²) in [6, 6.07) is 15.3. The topological polar surface area (TPSA) is 96.7 Å². The van der Waals surface area contributed by atoms with Crippen molar-refractivity contribution >= 4 is 23.6 Å². The average Bonchev–Trinajstić information content (AvgIpc) is 3.05. The lowest BCUT2D eigenvalue weighted by molar-refractivity contribution is -0.120. The van der Waals surface area contributed by atoms with Gasteiger partial charge in [-0.15, -0.1) is 5.10 Å². The van der Waals surface area contributed by atoms with Crippen molar-refractivity contribution < 1.29 is 9.18 Å². The Morgan fingerprint density at radius 1 is 1.20 bits per heavy atom. The first-order valence-corrected chi connectivity index (χ1v) is 8.41. The highest BCUT2D eigenvalue weighted by atomic mass is 32.2. The summed E-state index contributed by atoms with van der Waals surface area (Å²) in [4.78, 5) is 16.7. The lowest BCUT2D eigenvalue weighted by Crippen LogP contribution is -2.27. The second-order valence-electron chi connectivity index (χ2n) is 5.26. The van der Waals surface area contributed by atoms with Crippen molar-refractivity contribution in [2.45, 2.75) is 17.0 Å². The number of carbonyl (C=O) groups is 1. The van der Waals surface area contributed by atoms with Gasteiger partial charge >= 0.3 is 0 Å². The number of benzene rings is 2. The van der Waals surface area contributed by atoms with Crippen LogP contribution < -0.4 is 11.1 Å². The van der Waals surface area contributed by atoms with E-state index < -0.39 is 5.25 Å². The van der Waals surface area contributed by atoms with Crippen LogP contribution in [-0.2, 0) is 11.3 Å². The molecule has 2 aromatic carbocycles. The molecule has 3 rings (SSSR count). The Balaban J connectivity index is 1.73. The first kappa shape index (κ1) is 17.0. The van der Waals surface area contributed by atoms with E-state index in [0.717, 1.165) is 11.1 Å². The van der Waals surface area contributed by atoms with Crippen LogP contribution in [0.15, 0.2) is 59.8 Å². The Hall–Kier alpha value is -2.87. The third kappa shape index (κ3) is 4.57. The molecule has 25 heavy (non-hydrogen) atoms. The second kappa shape index (κ2) is 7.80. The van der Waals surface area contributed by atoms with E-state index in [0.29, 0.717) is 11.7 Å². The molecule has 0 aliphatic carbocycles. The van der Waals surface area contributed by atoms with Crippen molar-refractivity contribution in [1.29, 1.82) is 0 Å². The molecule has 1 amide bonds. The predicted molar refractivity (Wildman–Crippen MR) is 94.1 cm³/mol. The maximum atomic E-state index is 13.0. The summed E-state index contributed by atoms with van der Waals surface area (Å²) in [5, 5.41) is 9.25. The largest absolute Gasteiger partial charge is 0.368 e. The first-order chi connectivity index (χ1) is 12.1. The minimum atomic E-state index is -0.531. The number of carbonyl (C=O) groups excluding carboxylic acids is 1. The Labute approximate surface area is 148 Å². The van der Waals surface area contributed by atoms with E-state index in [1.165, 1.54) is 23.9 Å². The molecular weight excluding hydrogens is 341 g/mol. The molecule has 128 valence electrons. The van der Waals surface area contributed by atoms with Gasteiger partial charge in [-0.05, 0) is 23.3 Å². The number of thioether (sulfide) groups is 1. The number of halogens is 1. The number of rotatable bonds is 6. The van der Waals surface area contributed by atoms with Gasteiger partial charge in [-0.25, -0.2) is 9.49 Å². The number of hydrogen-bond acceptors (Lipinski definition) is 5. The molecule has 0 aliphatic rings. The van der Waals surface area contributed by atoms with E-state index in [-0.39, 0.29) is 17.7 Å². The van der Waals surface area contributed by atoms with Gasteiger partial charge in [0, 0.05) is 6.54 Å². The summed E-state index contributed by atoms with van der Waals surface area (Å²) in [6.45, 7) is 0.305. The van der Waals surface area contributed by atoms with Crippen LogP contribution in [0.2, 0.25) is 0 Å². The molecular formula is C17H16FN5OS. The zero-order valence-electron chi connectivity index (χ0n) is 13.1. The van der Waals surface area contributed by atoms with E-state index >= 15 is 0 Å². The fourth-order valence-corrected chi connectivity index (χ4v) is 3.14. The van der Waals surface area contributed by atoms with Gasteiger partial charge in [0.1, 0.15) is 11.1 Å². The van der Waals surface area contributed by atoms with Gasteiger partial charge in [0.25, 0.3) is 0 Å². The van der Waals surface area contributed by atoms with Crippen molar-refractivity contribution in [3.63, 3.8) is 0 Å². The Morgan fingerprint density at radius 3 is 2.56 bits per heavy atom. The molecule has 1 heterocycles. The average molecular weight is 357 g/mol. The standard InChI is InChI=1S/C17H16FN5OS/c18-13-8-6-11(7-9-13)10-20-15(24)14(12-4-2-1-3-5-12)25-17-21-16(19)22-23-17/h1-9,14H,10H2,(H,20,24)(H3,19,21,22,23). The second-order valence-corrected chi connectivity index (χ2v) is 6.33.